The van der Waals surface area contributed by atoms with Gasteiger partial charge in [0.05, 0.1) is 0 Å². The fraction of sp³-hybridized carbons (Fsp3) is 0.885. The average Bonchev–Trinajstić information content (AvgIpc) is 3.33. The molecule has 0 aromatic rings. The summed E-state index contributed by atoms with van der Waals surface area (Å²) in [5, 5.41) is 0. The molecule has 0 heterocycles. The molecule has 0 aromatic carbocycles. The van der Waals surface area contributed by atoms with Gasteiger partial charge in [-0.25, -0.2) is 0 Å². The Morgan fingerprint density at radius 2 is 0.552 bits per heavy atom. The molecule has 0 aliphatic carbocycles. The summed E-state index contributed by atoms with van der Waals surface area (Å²) in [5.41, 5.74) is 0. The van der Waals surface area contributed by atoms with Crippen LogP contribution >= 0.6 is 0 Å². The van der Waals surface area contributed by atoms with Crippen LogP contribution in [0.15, 0.2) is 24.3 Å². The molecule has 0 rings (SSSR count). The van der Waals surface area contributed by atoms with E-state index in [4.69, 9.17) is 14.2 Å². The van der Waals surface area contributed by atoms with Crippen LogP contribution in [0.3, 0.4) is 0 Å². The lowest BCUT2D eigenvalue weighted by molar-refractivity contribution is -0.167. The Morgan fingerprint density at radius 1 is 0.299 bits per heavy atom. The largest absolute Gasteiger partial charge is 0.462 e. The summed E-state index contributed by atoms with van der Waals surface area (Å²) >= 11 is 0. The number of ether oxygens (including phenoxy) is 3. The van der Waals surface area contributed by atoms with Crippen LogP contribution in [0.1, 0.15) is 329 Å². The minimum Gasteiger partial charge on any atom is -0.462 e. The highest BCUT2D eigenvalue weighted by Gasteiger charge is 2.19. The molecular formula is C61H114O6. The van der Waals surface area contributed by atoms with E-state index in [0.717, 1.165) is 83.5 Å². The fourth-order valence-electron chi connectivity index (χ4n) is 8.93. The topological polar surface area (TPSA) is 78.9 Å². The number of allylic oxidation sites excluding steroid dienone is 4. The lowest BCUT2D eigenvalue weighted by atomic mass is 10.0. The molecule has 0 radical (unpaired) electrons. The summed E-state index contributed by atoms with van der Waals surface area (Å²) in [6.45, 7) is 6.64. The molecule has 0 saturated carbocycles. The van der Waals surface area contributed by atoms with Crippen molar-refractivity contribution in [1.82, 2.24) is 0 Å². The van der Waals surface area contributed by atoms with Gasteiger partial charge in [-0.05, 0) is 44.9 Å². The van der Waals surface area contributed by atoms with Gasteiger partial charge >= 0.3 is 17.9 Å². The summed E-state index contributed by atoms with van der Waals surface area (Å²) in [7, 11) is 0. The molecule has 0 aliphatic rings. The second-order valence-corrected chi connectivity index (χ2v) is 20.3. The van der Waals surface area contributed by atoms with Gasteiger partial charge in [0.2, 0.25) is 0 Å². The SMILES string of the molecule is CCCC/C=C\C/C=C\CCCCCCCC(=O)OC(COC(=O)CCCCCCCCCCCCCCC)COC(=O)CCCCCCCCCCCCCCCCCCCCCCCC. The van der Waals surface area contributed by atoms with Gasteiger partial charge in [0.1, 0.15) is 13.2 Å². The summed E-state index contributed by atoms with van der Waals surface area (Å²) in [6, 6.07) is 0. The van der Waals surface area contributed by atoms with Crippen LogP contribution in [-0.4, -0.2) is 37.2 Å². The molecule has 6 heteroatoms. The van der Waals surface area contributed by atoms with Crippen molar-refractivity contribution in [2.24, 2.45) is 0 Å². The predicted octanol–water partition coefficient (Wildman–Crippen LogP) is 19.9. The van der Waals surface area contributed by atoms with Crippen molar-refractivity contribution in [3.05, 3.63) is 24.3 Å². The first-order valence-corrected chi connectivity index (χ1v) is 29.8. The molecule has 1 unspecified atom stereocenters. The van der Waals surface area contributed by atoms with Gasteiger partial charge < -0.3 is 14.2 Å². The van der Waals surface area contributed by atoms with E-state index in [2.05, 4.69) is 45.1 Å². The fourth-order valence-corrected chi connectivity index (χ4v) is 8.93. The third kappa shape index (κ3) is 54.7. The lowest BCUT2D eigenvalue weighted by Crippen LogP contribution is -2.30. The lowest BCUT2D eigenvalue weighted by Gasteiger charge is -2.18. The van der Waals surface area contributed by atoms with Crippen molar-refractivity contribution in [2.45, 2.75) is 335 Å². The van der Waals surface area contributed by atoms with Crippen molar-refractivity contribution >= 4 is 17.9 Å². The van der Waals surface area contributed by atoms with E-state index in [1.807, 2.05) is 0 Å². The van der Waals surface area contributed by atoms with Crippen LogP contribution in [0.25, 0.3) is 0 Å². The first-order chi connectivity index (χ1) is 33.0. The third-order valence-electron chi connectivity index (χ3n) is 13.5. The molecular weight excluding hydrogens is 829 g/mol. The van der Waals surface area contributed by atoms with E-state index in [9.17, 15) is 14.4 Å². The molecule has 0 bridgehead atoms. The molecule has 6 nitrogen and oxygen atoms in total. The van der Waals surface area contributed by atoms with Gasteiger partial charge in [-0.15, -0.1) is 0 Å². The molecule has 0 saturated heterocycles. The normalized spacial score (nSPS) is 12.1. The van der Waals surface area contributed by atoms with E-state index in [1.54, 1.807) is 0 Å². The highest BCUT2D eigenvalue weighted by molar-refractivity contribution is 5.71. The minimum atomic E-state index is -0.773. The number of rotatable bonds is 55. The molecule has 394 valence electrons. The first-order valence-electron chi connectivity index (χ1n) is 29.8. The number of carbonyl (C=O) groups is 3. The van der Waals surface area contributed by atoms with Crippen LogP contribution in [0.4, 0.5) is 0 Å². The number of hydrogen-bond donors (Lipinski definition) is 0. The van der Waals surface area contributed by atoms with Crippen LogP contribution in [0.5, 0.6) is 0 Å². The van der Waals surface area contributed by atoms with Crippen LogP contribution in [0, 0.1) is 0 Å². The molecule has 1 atom stereocenters. The molecule has 67 heavy (non-hydrogen) atoms. The maximum Gasteiger partial charge on any atom is 0.306 e. The van der Waals surface area contributed by atoms with Gasteiger partial charge in [0, 0.05) is 19.3 Å². The minimum absolute atomic E-state index is 0.0715. The van der Waals surface area contributed by atoms with Crippen molar-refractivity contribution in [2.75, 3.05) is 13.2 Å². The van der Waals surface area contributed by atoms with E-state index in [0.29, 0.717) is 19.3 Å². The number of unbranched alkanes of at least 4 members (excludes halogenated alkanes) is 40. The molecule has 0 N–H and O–H groups in total. The maximum absolute atomic E-state index is 12.8. The second kappa shape index (κ2) is 56.5. The first kappa shape index (κ1) is 64.9. The third-order valence-corrected chi connectivity index (χ3v) is 13.5. The van der Waals surface area contributed by atoms with Crippen molar-refractivity contribution in [3.8, 4) is 0 Å². The second-order valence-electron chi connectivity index (χ2n) is 20.3. The predicted molar refractivity (Wildman–Crippen MR) is 289 cm³/mol. The Hall–Kier alpha value is -2.11. The molecule has 0 fully saturated rings. The van der Waals surface area contributed by atoms with Crippen LogP contribution in [0.2, 0.25) is 0 Å². The average molecular weight is 944 g/mol. The van der Waals surface area contributed by atoms with E-state index in [-0.39, 0.29) is 31.1 Å². The Balaban J connectivity index is 4.25. The molecule has 0 amide bonds. The van der Waals surface area contributed by atoms with E-state index >= 15 is 0 Å². The zero-order valence-corrected chi connectivity index (χ0v) is 45.2. The maximum atomic E-state index is 12.8. The Morgan fingerprint density at radius 3 is 0.866 bits per heavy atom. The Bertz CT molecular complexity index is 1080. The van der Waals surface area contributed by atoms with E-state index < -0.39 is 6.10 Å². The monoisotopic (exact) mass is 943 g/mol. The van der Waals surface area contributed by atoms with Crippen molar-refractivity contribution in [1.29, 1.82) is 0 Å². The van der Waals surface area contributed by atoms with Gasteiger partial charge in [0.15, 0.2) is 6.10 Å². The van der Waals surface area contributed by atoms with Crippen LogP contribution in [-0.2, 0) is 28.6 Å². The highest BCUT2D eigenvalue weighted by atomic mass is 16.6. The van der Waals surface area contributed by atoms with Crippen molar-refractivity contribution in [3.63, 3.8) is 0 Å². The van der Waals surface area contributed by atoms with Gasteiger partial charge in [0.25, 0.3) is 0 Å². The summed E-state index contributed by atoms with van der Waals surface area (Å²) in [4.78, 5) is 38.1. The molecule has 0 aliphatic heterocycles. The Kier molecular flexibility index (Phi) is 54.7. The van der Waals surface area contributed by atoms with Crippen LogP contribution < -0.4 is 0 Å². The zero-order valence-electron chi connectivity index (χ0n) is 45.2. The van der Waals surface area contributed by atoms with E-state index in [1.165, 1.54) is 205 Å². The number of hydrogen-bond acceptors (Lipinski definition) is 6. The summed E-state index contributed by atoms with van der Waals surface area (Å²) < 4.78 is 16.9. The standard InChI is InChI=1S/C61H114O6/c1-4-7-10-13-16-19-22-25-27-28-29-30-31-32-33-34-37-39-42-45-48-51-54-60(63)66-57-58(56-65-59(62)53-50-47-44-41-38-35-24-21-18-15-12-9-6-3)67-61(64)55-52-49-46-43-40-36-26-23-20-17-14-11-8-5-2/h14,17,23,26,58H,4-13,15-16,18-22,24-25,27-57H2,1-3H3/b17-14-,26-23-. The zero-order chi connectivity index (χ0) is 48.6. The van der Waals surface area contributed by atoms with Gasteiger partial charge in [-0.1, -0.05) is 289 Å². The van der Waals surface area contributed by atoms with Gasteiger partial charge in [-0.3, -0.25) is 14.4 Å². The Labute approximate surface area is 417 Å². The molecule has 0 aromatic heterocycles. The number of carbonyl (C=O) groups excluding carboxylic acids is 3. The quantitative estimate of drug-likeness (QED) is 0.0262. The molecule has 0 spiro atoms. The summed E-state index contributed by atoms with van der Waals surface area (Å²) in [6.07, 6.45) is 66.1. The summed E-state index contributed by atoms with van der Waals surface area (Å²) in [5.74, 6) is -0.863. The van der Waals surface area contributed by atoms with Crippen molar-refractivity contribution < 1.29 is 28.6 Å². The number of esters is 3. The smallest absolute Gasteiger partial charge is 0.306 e. The highest BCUT2D eigenvalue weighted by Crippen LogP contribution is 2.17. The van der Waals surface area contributed by atoms with Gasteiger partial charge in [-0.2, -0.15) is 0 Å².